The van der Waals surface area contributed by atoms with Crippen LogP contribution in [0, 0.1) is 11.7 Å². The first-order valence-electron chi connectivity index (χ1n) is 9.90. The summed E-state index contributed by atoms with van der Waals surface area (Å²) in [6.07, 6.45) is 1.35. The molecule has 0 radical (unpaired) electrons. The maximum absolute atomic E-state index is 13.1. The highest BCUT2D eigenvalue weighted by molar-refractivity contribution is 5.97. The molecule has 1 aliphatic heterocycles. The first kappa shape index (κ1) is 20.0. The molecule has 1 aromatic heterocycles. The number of phenolic OH excluding ortho intramolecular Hbond substituents is 1. The predicted molar refractivity (Wildman–Crippen MR) is 110 cm³/mol. The average Bonchev–Trinajstić information content (AvgIpc) is 2.75. The minimum atomic E-state index is -0.487. The molecular formula is C22H22FN3O4. The third kappa shape index (κ3) is 4.04. The number of nitrogens with zero attached hydrogens (tertiary/aromatic N) is 2. The standard InChI is InChI=1S/C22H22FN3O4/c23-16-3-1-14(2-4-16)20(28)15-7-9-25(10-8-15)11-12-26-21(29)18-13-17(27)5-6-19(18)24-22(26)30/h1-6,13,15,27H,7-12H2,(H,24,30). The number of Topliss-reactive ketones (excluding diaryl/α,β-unsaturated/α-hetero) is 1. The summed E-state index contributed by atoms with van der Waals surface area (Å²) in [5.74, 6) is -0.486. The lowest BCUT2D eigenvalue weighted by atomic mass is 9.89. The van der Waals surface area contributed by atoms with Gasteiger partial charge >= 0.3 is 5.69 Å². The number of hydrogen-bond donors (Lipinski definition) is 2. The fourth-order valence-electron chi connectivity index (χ4n) is 3.95. The van der Waals surface area contributed by atoms with Crippen molar-refractivity contribution < 1.29 is 14.3 Å². The van der Waals surface area contributed by atoms with Gasteiger partial charge in [0.2, 0.25) is 0 Å². The van der Waals surface area contributed by atoms with Crippen LogP contribution in [0.25, 0.3) is 10.9 Å². The van der Waals surface area contributed by atoms with Crippen LogP contribution in [0.1, 0.15) is 23.2 Å². The Labute approximate surface area is 171 Å². The lowest BCUT2D eigenvalue weighted by Gasteiger charge is -2.31. The number of benzene rings is 2. The van der Waals surface area contributed by atoms with Gasteiger partial charge in [0, 0.05) is 24.6 Å². The number of H-pyrrole nitrogens is 1. The van der Waals surface area contributed by atoms with Crippen LogP contribution < -0.4 is 11.2 Å². The van der Waals surface area contributed by atoms with Crippen molar-refractivity contribution in [2.45, 2.75) is 19.4 Å². The maximum Gasteiger partial charge on any atom is 0.328 e. The number of carbonyl (C=O) groups is 1. The summed E-state index contributed by atoms with van der Waals surface area (Å²) in [6, 6.07) is 9.87. The van der Waals surface area contributed by atoms with Gasteiger partial charge in [0.15, 0.2) is 5.78 Å². The SMILES string of the molecule is O=C(c1ccc(F)cc1)C1CCN(CCn2c(=O)[nH]c3ccc(O)cc3c2=O)CC1. The lowest BCUT2D eigenvalue weighted by molar-refractivity contribution is 0.0837. The lowest BCUT2D eigenvalue weighted by Crippen LogP contribution is -2.42. The largest absolute Gasteiger partial charge is 0.508 e. The van der Waals surface area contributed by atoms with Crippen LogP contribution in [-0.4, -0.2) is 45.0 Å². The van der Waals surface area contributed by atoms with Crippen LogP contribution in [0.2, 0.25) is 0 Å². The van der Waals surface area contributed by atoms with Gasteiger partial charge in [-0.15, -0.1) is 0 Å². The van der Waals surface area contributed by atoms with E-state index in [4.69, 9.17) is 0 Å². The van der Waals surface area contributed by atoms with Gasteiger partial charge in [0.25, 0.3) is 5.56 Å². The van der Waals surface area contributed by atoms with Gasteiger partial charge in [-0.25, -0.2) is 9.18 Å². The van der Waals surface area contributed by atoms with Gasteiger partial charge in [-0.3, -0.25) is 14.2 Å². The second kappa shape index (κ2) is 8.23. The highest BCUT2D eigenvalue weighted by atomic mass is 19.1. The Kier molecular flexibility index (Phi) is 5.50. The zero-order valence-electron chi connectivity index (χ0n) is 16.3. The first-order chi connectivity index (χ1) is 14.4. The van der Waals surface area contributed by atoms with Crippen LogP contribution in [-0.2, 0) is 6.54 Å². The van der Waals surface area contributed by atoms with E-state index in [1.165, 1.54) is 42.5 Å². The molecule has 30 heavy (non-hydrogen) atoms. The number of phenols is 1. The summed E-state index contributed by atoms with van der Waals surface area (Å²) in [5.41, 5.74) is -0.0166. The molecule has 0 amide bonds. The molecule has 156 valence electrons. The molecular weight excluding hydrogens is 389 g/mol. The third-order valence-corrected chi connectivity index (χ3v) is 5.69. The normalized spacial score (nSPS) is 15.5. The smallest absolute Gasteiger partial charge is 0.328 e. The van der Waals surface area contributed by atoms with Gasteiger partial charge in [-0.2, -0.15) is 0 Å². The molecule has 0 spiro atoms. The summed E-state index contributed by atoms with van der Waals surface area (Å²) in [7, 11) is 0. The van der Waals surface area contributed by atoms with Gasteiger partial charge < -0.3 is 15.0 Å². The van der Waals surface area contributed by atoms with Crippen molar-refractivity contribution in [1.82, 2.24) is 14.5 Å². The summed E-state index contributed by atoms with van der Waals surface area (Å²) in [4.78, 5) is 42.3. The summed E-state index contributed by atoms with van der Waals surface area (Å²) in [6.45, 7) is 2.08. The molecule has 2 N–H and O–H groups in total. The molecule has 3 aromatic rings. The second-order valence-electron chi connectivity index (χ2n) is 7.60. The number of nitrogens with one attached hydrogen (secondary N) is 1. The van der Waals surface area contributed by atoms with E-state index in [0.29, 0.717) is 43.6 Å². The molecule has 1 aliphatic rings. The molecule has 2 aromatic carbocycles. The van der Waals surface area contributed by atoms with Crippen molar-refractivity contribution in [3.05, 3.63) is 74.7 Å². The minimum Gasteiger partial charge on any atom is -0.508 e. The molecule has 7 nitrogen and oxygen atoms in total. The van der Waals surface area contributed by atoms with E-state index in [0.717, 1.165) is 4.57 Å². The van der Waals surface area contributed by atoms with Crippen molar-refractivity contribution in [1.29, 1.82) is 0 Å². The van der Waals surface area contributed by atoms with Crippen LogP contribution in [0.15, 0.2) is 52.1 Å². The highest BCUT2D eigenvalue weighted by Crippen LogP contribution is 2.22. The van der Waals surface area contributed by atoms with Crippen LogP contribution >= 0.6 is 0 Å². The Bertz CT molecular complexity index is 1190. The minimum absolute atomic E-state index is 0.0247. The van der Waals surface area contributed by atoms with Crippen LogP contribution in [0.3, 0.4) is 0 Å². The van der Waals surface area contributed by atoms with E-state index in [2.05, 4.69) is 9.88 Å². The van der Waals surface area contributed by atoms with E-state index >= 15 is 0 Å². The van der Waals surface area contributed by atoms with Crippen molar-refractivity contribution in [2.24, 2.45) is 5.92 Å². The molecule has 0 aliphatic carbocycles. The molecule has 1 saturated heterocycles. The Balaban J connectivity index is 1.39. The second-order valence-corrected chi connectivity index (χ2v) is 7.60. The predicted octanol–water partition coefficient (Wildman–Crippen LogP) is 2.13. The van der Waals surface area contributed by atoms with E-state index < -0.39 is 11.2 Å². The molecule has 0 atom stereocenters. The van der Waals surface area contributed by atoms with Crippen molar-refractivity contribution in [2.75, 3.05) is 19.6 Å². The van der Waals surface area contributed by atoms with Crippen LogP contribution in [0.5, 0.6) is 5.75 Å². The molecule has 8 heteroatoms. The fourth-order valence-corrected chi connectivity index (χ4v) is 3.95. The quantitative estimate of drug-likeness (QED) is 0.627. The monoisotopic (exact) mass is 411 g/mol. The Morgan fingerprint density at radius 1 is 1.07 bits per heavy atom. The van der Waals surface area contributed by atoms with Crippen molar-refractivity contribution in [3.63, 3.8) is 0 Å². The van der Waals surface area contributed by atoms with E-state index in [1.54, 1.807) is 0 Å². The topological polar surface area (TPSA) is 95.4 Å². The number of hydrogen-bond acceptors (Lipinski definition) is 5. The van der Waals surface area contributed by atoms with E-state index in [9.17, 15) is 23.9 Å². The highest BCUT2D eigenvalue weighted by Gasteiger charge is 2.25. The third-order valence-electron chi connectivity index (χ3n) is 5.69. The molecule has 4 rings (SSSR count). The zero-order chi connectivity index (χ0) is 21.3. The Hall–Kier alpha value is -3.26. The number of halogens is 1. The number of carbonyl (C=O) groups excluding carboxylic acids is 1. The first-order valence-corrected chi connectivity index (χ1v) is 9.90. The van der Waals surface area contributed by atoms with Gasteiger partial charge in [-0.05, 0) is 68.4 Å². The van der Waals surface area contributed by atoms with Gasteiger partial charge in [0.1, 0.15) is 11.6 Å². The number of piperidine rings is 1. The molecule has 0 unspecified atom stereocenters. The molecule has 2 heterocycles. The molecule has 0 bridgehead atoms. The summed E-state index contributed by atoms with van der Waals surface area (Å²) in [5, 5.41) is 9.88. The van der Waals surface area contributed by atoms with Crippen LogP contribution in [0.4, 0.5) is 4.39 Å². The number of aromatic hydroxyl groups is 1. The maximum atomic E-state index is 13.1. The zero-order valence-corrected chi connectivity index (χ0v) is 16.3. The Morgan fingerprint density at radius 3 is 2.47 bits per heavy atom. The number of fused-ring (bicyclic) bond motifs is 1. The van der Waals surface area contributed by atoms with E-state index in [-0.39, 0.29) is 35.2 Å². The van der Waals surface area contributed by atoms with Crippen molar-refractivity contribution in [3.8, 4) is 5.75 Å². The Morgan fingerprint density at radius 2 is 1.77 bits per heavy atom. The fraction of sp³-hybridized carbons (Fsp3) is 0.318. The number of ketones is 1. The summed E-state index contributed by atoms with van der Waals surface area (Å²) >= 11 is 0. The molecule has 0 saturated carbocycles. The van der Waals surface area contributed by atoms with Gasteiger partial charge in [0.05, 0.1) is 10.9 Å². The number of likely N-dealkylation sites (tertiary alicyclic amines) is 1. The number of rotatable bonds is 5. The molecule has 1 fully saturated rings. The summed E-state index contributed by atoms with van der Waals surface area (Å²) < 4.78 is 14.2. The average molecular weight is 411 g/mol. The van der Waals surface area contributed by atoms with Crippen molar-refractivity contribution >= 4 is 16.7 Å². The number of aromatic nitrogens is 2. The van der Waals surface area contributed by atoms with Gasteiger partial charge in [-0.1, -0.05) is 0 Å². The van der Waals surface area contributed by atoms with E-state index in [1.807, 2.05) is 0 Å². The number of aromatic amines is 1.